The van der Waals surface area contributed by atoms with Gasteiger partial charge in [0, 0.05) is 17.9 Å². The lowest BCUT2D eigenvalue weighted by Crippen LogP contribution is -2.33. The SMILES string of the molecule is SCC[n+]1ccc(-c2ccccc2)cc1. The Morgan fingerprint density at radius 3 is 2.07 bits per heavy atom. The predicted octanol–water partition coefficient (Wildman–Crippen LogP) is 2.57. The van der Waals surface area contributed by atoms with Crippen molar-refractivity contribution in [1.82, 2.24) is 0 Å². The van der Waals surface area contributed by atoms with Crippen LogP contribution in [0.5, 0.6) is 0 Å². The van der Waals surface area contributed by atoms with Crippen LogP contribution in [0.2, 0.25) is 0 Å². The molecule has 0 aliphatic heterocycles. The van der Waals surface area contributed by atoms with Gasteiger partial charge in [-0.05, 0) is 11.1 Å². The Bertz CT molecular complexity index is 408. The van der Waals surface area contributed by atoms with E-state index in [0.717, 1.165) is 12.3 Å². The highest BCUT2D eigenvalue weighted by molar-refractivity contribution is 7.80. The second-order valence-electron chi connectivity index (χ2n) is 3.41. The zero-order valence-corrected chi connectivity index (χ0v) is 9.40. The molecule has 0 spiro atoms. The molecule has 1 nitrogen and oxygen atoms in total. The van der Waals surface area contributed by atoms with E-state index in [1.165, 1.54) is 11.1 Å². The summed E-state index contributed by atoms with van der Waals surface area (Å²) >= 11 is 4.21. The first-order valence-electron chi connectivity index (χ1n) is 5.05. The molecule has 2 aromatic rings. The summed E-state index contributed by atoms with van der Waals surface area (Å²) in [5.74, 6) is 0.870. The molecule has 0 fully saturated rings. The fourth-order valence-corrected chi connectivity index (χ4v) is 1.78. The van der Waals surface area contributed by atoms with Crippen molar-refractivity contribution in [2.45, 2.75) is 6.54 Å². The van der Waals surface area contributed by atoms with Crippen molar-refractivity contribution < 1.29 is 4.57 Å². The average molecular weight is 216 g/mol. The quantitative estimate of drug-likeness (QED) is 0.594. The van der Waals surface area contributed by atoms with E-state index in [4.69, 9.17) is 0 Å². The minimum absolute atomic E-state index is 0.870. The Labute approximate surface area is 95.8 Å². The van der Waals surface area contributed by atoms with E-state index in [1.807, 2.05) is 6.07 Å². The second kappa shape index (κ2) is 4.99. The van der Waals surface area contributed by atoms with E-state index >= 15 is 0 Å². The predicted molar refractivity (Wildman–Crippen MR) is 65.9 cm³/mol. The molecule has 0 radical (unpaired) electrons. The number of aromatic nitrogens is 1. The van der Waals surface area contributed by atoms with Crippen molar-refractivity contribution >= 4 is 12.6 Å². The van der Waals surface area contributed by atoms with Crippen molar-refractivity contribution in [3.63, 3.8) is 0 Å². The summed E-state index contributed by atoms with van der Waals surface area (Å²) < 4.78 is 2.14. The standard InChI is InChI=1S/C13H13NS/c15-11-10-14-8-6-13(7-9-14)12-4-2-1-3-5-12/h1-9H,10-11H2/p+1. The smallest absolute Gasteiger partial charge is 0.169 e. The van der Waals surface area contributed by atoms with Gasteiger partial charge in [0.25, 0.3) is 0 Å². The van der Waals surface area contributed by atoms with Gasteiger partial charge in [0.05, 0.1) is 0 Å². The number of hydrogen-bond donors (Lipinski definition) is 1. The topological polar surface area (TPSA) is 3.88 Å². The highest BCUT2D eigenvalue weighted by Crippen LogP contribution is 2.16. The largest absolute Gasteiger partial charge is 0.204 e. The maximum atomic E-state index is 4.21. The molecule has 0 saturated heterocycles. The number of aryl methyl sites for hydroxylation is 1. The van der Waals surface area contributed by atoms with Gasteiger partial charge in [0.1, 0.15) is 0 Å². The van der Waals surface area contributed by atoms with E-state index in [9.17, 15) is 0 Å². The molecule has 76 valence electrons. The minimum atomic E-state index is 0.870. The van der Waals surface area contributed by atoms with Crippen molar-refractivity contribution in [3.8, 4) is 11.1 Å². The van der Waals surface area contributed by atoms with Crippen molar-refractivity contribution in [2.24, 2.45) is 0 Å². The fraction of sp³-hybridized carbons (Fsp3) is 0.154. The zero-order chi connectivity index (χ0) is 10.5. The van der Waals surface area contributed by atoms with E-state index in [0.29, 0.717) is 0 Å². The maximum Gasteiger partial charge on any atom is 0.169 e. The van der Waals surface area contributed by atoms with Crippen molar-refractivity contribution in [2.75, 3.05) is 5.75 Å². The summed E-state index contributed by atoms with van der Waals surface area (Å²) in [5.41, 5.74) is 2.52. The number of thiol groups is 1. The number of hydrogen-bond acceptors (Lipinski definition) is 1. The molecule has 1 aromatic carbocycles. The van der Waals surface area contributed by atoms with Crippen molar-refractivity contribution in [1.29, 1.82) is 0 Å². The van der Waals surface area contributed by atoms with Crippen LogP contribution in [0.4, 0.5) is 0 Å². The van der Waals surface area contributed by atoms with Crippen molar-refractivity contribution in [3.05, 3.63) is 54.9 Å². The third kappa shape index (κ3) is 2.60. The summed E-state index contributed by atoms with van der Waals surface area (Å²) in [5, 5.41) is 0. The number of pyridine rings is 1. The maximum absolute atomic E-state index is 4.21. The molecule has 1 heterocycles. The lowest BCUT2D eigenvalue weighted by Gasteiger charge is -1.99. The van der Waals surface area contributed by atoms with Gasteiger partial charge in [-0.15, -0.1) is 0 Å². The monoisotopic (exact) mass is 216 g/mol. The van der Waals surface area contributed by atoms with Gasteiger partial charge in [-0.25, -0.2) is 4.57 Å². The second-order valence-corrected chi connectivity index (χ2v) is 3.86. The third-order valence-corrected chi connectivity index (χ3v) is 2.56. The summed E-state index contributed by atoms with van der Waals surface area (Å²) in [6, 6.07) is 14.7. The Kier molecular flexibility index (Phi) is 3.41. The van der Waals surface area contributed by atoms with Gasteiger partial charge in [-0.1, -0.05) is 30.3 Å². The van der Waals surface area contributed by atoms with Gasteiger partial charge >= 0.3 is 0 Å². The Morgan fingerprint density at radius 2 is 1.47 bits per heavy atom. The van der Waals surface area contributed by atoms with Crippen LogP contribution in [-0.4, -0.2) is 5.75 Å². The molecule has 0 unspecified atom stereocenters. The average Bonchev–Trinajstić information content (AvgIpc) is 2.32. The molecule has 1 aromatic heterocycles. The first-order valence-corrected chi connectivity index (χ1v) is 5.69. The van der Waals surface area contributed by atoms with E-state index in [1.54, 1.807) is 0 Å². The van der Waals surface area contributed by atoms with Crippen LogP contribution in [0.3, 0.4) is 0 Å². The normalized spacial score (nSPS) is 10.2. The summed E-state index contributed by atoms with van der Waals surface area (Å²) in [7, 11) is 0. The summed E-state index contributed by atoms with van der Waals surface area (Å²) in [4.78, 5) is 0. The van der Waals surface area contributed by atoms with Gasteiger partial charge in [-0.2, -0.15) is 12.6 Å². The number of rotatable bonds is 3. The minimum Gasteiger partial charge on any atom is -0.204 e. The molecule has 0 N–H and O–H groups in total. The molecule has 0 saturated carbocycles. The molecular formula is C13H14NS+. The molecule has 0 atom stereocenters. The highest BCUT2D eigenvalue weighted by Gasteiger charge is 2.00. The molecule has 0 amide bonds. The number of benzene rings is 1. The lowest BCUT2D eigenvalue weighted by molar-refractivity contribution is -0.692. The van der Waals surface area contributed by atoms with Crippen LogP contribution in [-0.2, 0) is 6.54 Å². The Hall–Kier alpha value is -1.28. The van der Waals surface area contributed by atoms with Gasteiger partial charge in [-0.3, -0.25) is 0 Å². The van der Waals surface area contributed by atoms with E-state index in [-0.39, 0.29) is 0 Å². The molecule has 2 heteroatoms. The first-order chi connectivity index (χ1) is 7.40. The summed E-state index contributed by atoms with van der Waals surface area (Å²) in [6.07, 6.45) is 4.19. The fourth-order valence-electron chi connectivity index (χ4n) is 1.54. The Morgan fingerprint density at radius 1 is 0.867 bits per heavy atom. The molecule has 0 aliphatic rings. The lowest BCUT2D eigenvalue weighted by atomic mass is 10.1. The molecule has 2 rings (SSSR count). The molecular weight excluding hydrogens is 202 g/mol. The van der Waals surface area contributed by atoms with Crippen LogP contribution in [0.1, 0.15) is 0 Å². The third-order valence-electron chi connectivity index (χ3n) is 2.36. The van der Waals surface area contributed by atoms with Crippen LogP contribution in [0.15, 0.2) is 54.9 Å². The molecule has 0 aliphatic carbocycles. The van der Waals surface area contributed by atoms with E-state index in [2.05, 4.69) is 66.0 Å². The van der Waals surface area contributed by atoms with Crippen LogP contribution in [0, 0.1) is 0 Å². The van der Waals surface area contributed by atoms with Gasteiger partial charge < -0.3 is 0 Å². The zero-order valence-electron chi connectivity index (χ0n) is 8.50. The Balaban J connectivity index is 2.24. The summed E-state index contributed by atoms with van der Waals surface area (Å²) in [6.45, 7) is 0.957. The van der Waals surface area contributed by atoms with Crippen LogP contribution < -0.4 is 4.57 Å². The van der Waals surface area contributed by atoms with E-state index < -0.39 is 0 Å². The van der Waals surface area contributed by atoms with Gasteiger partial charge in [0.15, 0.2) is 18.9 Å². The molecule has 0 bridgehead atoms. The van der Waals surface area contributed by atoms with Gasteiger partial charge in [0.2, 0.25) is 0 Å². The molecule has 15 heavy (non-hydrogen) atoms. The number of nitrogens with zero attached hydrogens (tertiary/aromatic N) is 1. The van der Waals surface area contributed by atoms with Crippen LogP contribution >= 0.6 is 12.6 Å². The first kappa shape index (κ1) is 10.2. The van der Waals surface area contributed by atoms with Crippen LogP contribution in [0.25, 0.3) is 11.1 Å². The highest BCUT2D eigenvalue weighted by atomic mass is 32.1.